The van der Waals surface area contributed by atoms with Crippen molar-refractivity contribution in [2.24, 2.45) is 0 Å². The van der Waals surface area contributed by atoms with E-state index in [-0.39, 0.29) is 36.4 Å². The maximum absolute atomic E-state index is 13.2. The van der Waals surface area contributed by atoms with Gasteiger partial charge in [-0.2, -0.15) is 0 Å². The van der Waals surface area contributed by atoms with Gasteiger partial charge in [0.2, 0.25) is 15.9 Å². The van der Waals surface area contributed by atoms with Gasteiger partial charge in [-0.1, -0.05) is 42.5 Å². The molecule has 218 valence electrons. The molecule has 1 amide bonds. The van der Waals surface area contributed by atoms with Crippen LogP contribution in [0.15, 0.2) is 83.8 Å². The molecule has 12 heteroatoms. The Morgan fingerprint density at radius 3 is 2.07 bits per heavy atom. The van der Waals surface area contributed by atoms with Gasteiger partial charge in [-0.25, -0.2) is 17.9 Å². The van der Waals surface area contributed by atoms with E-state index < -0.39 is 40.0 Å². The van der Waals surface area contributed by atoms with Crippen LogP contribution in [0.3, 0.4) is 0 Å². The number of sulfonamides is 1. The summed E-state index contributed by atoms with van der Waals surface area (Å²) in [4.78, 5) is 36.3. The van der Waals surface area contributed by atoms with Crippen LogP contribution in [-0.2, 0) is 32.6 Å². The van der Waals surface area contributed by atoms with Crippen LogP contribution >= 0.6 is 0 Å². The van der Waals surface area contributed by atoms with Gasteiger partial charge in [-0.3, -0.25) is 14.9 Å². The van der Waals surface area contributed by atoms with Crippen molar-refractivity contribution in [1.82, 2.24) is 15.4 Å². The first-order valence-corrected chi connectivity index (χ1v) is 14.3. The summed E-state index contributed by atoms with van der Waals surface area (Å²) < 4.78 is 32.7. The molecule has 0 aromatic heterocycles. The molecule has 0 fully saturated rings. The molecule has 2 atom stereocenters. The predicted molar refractivity (Wildman–Crippen MR) is 151 cm³/mol. The van der Waals surface area contributed by atoms with Crippen LogP contribution in [0.2, 0.25) is 0 Å². The lowest BCUT2D eigenvalue weighted by molar-refractivity contribution is -0.140. The van der Waals surface area contributed by atoms with Crippen molar-refractivity contribution in [2.45, 2.75) is 42.8 Å². The van der Waals surface area contributed by atoms with E-state index in [2.05, 4.69) is 15.4 Å². The Hall–Kier alpha value is -4.26. The molecule has 0 saturated carbocycles. The number of hydrogen-bond donors (Lipinski definition) is 5. The summed E-state index contributed by atoms with van der Waals surface area (Å²) in [5, 5.41) is 24.6. The minimum absolute atomic E-state index is 0.00892. The first kappa shape index (κ1) is 31.3. The average molecular weight is 584 g/mol. The van der Waals surface area contributed by atoms with E-state index in [0.29, 0.717) is 17.7 Å². The molecule has 3 aromatic carbocycles. The second kappa shape index (κ2) is 14.9. The average Bonchev–Trinajstić information content (AvgIpc) is 2.97. The van der Waals surface area contributed by atoms with Crippen LogP contribution in [0.5, 0.6) is 5.75 Å². The van der Waals surface area contributed by atoms with Crippen molar-refractivity contribution in [2.75, 3.05) is 13.7 Å². The molecule has 0 unspecified atom stereocenters. The predicted octanol–water partition coefficient (Wildman–Crippen LogP) is 2.42. The molecule has 5 N–H and O–H groups in total. The van der Waals surface area contributed by atoms with E-state index in [9.17, 15) is 27.9 Å². The fourth-order valence-electron chi connectivity index (χ4n) is 4.02. The van der Waals surface area contributed by atoms with Crippen LogP contribution < -0.4 is 20.1 Å². The number of carbonyl (C=O) groups is 3. The highest BCUT2D eigenvalue weighted by atomic mass is 32.2. The van der Waals surface area contributed by atoms with E-state index in [1.807, 2.05) is 30.3 Å². The van der Waals surface area contributed by atoms with Gasteiger partial charge < -0.3 is 20.3 Å². The monoisotopic (exact) mass is 583 g/mol. The van der Waals surface area contributed by atoms with Crippen LogP contribution in [0.1, 0.15) is 34.3 Å². The van der Waals surface area contributed by atoms with Gasteiger partial charge in [0.15, 0.2) is 0 Å². The molecule has 0 saturated heterocycles. The van der Waals surface area contributed by atoms with Crippen molar-refractivity contribution in [1.29, 1.82) is 0 Å². The van der Waals surface area contributed by atoms with Crippen LogP contribution in [-0.4, -0.2) is 62.2 Å². The van der Waals surface area contributed by atoms with Gasteiger partial charge in [-0.15, -0.1) is 0 Å². The molecular weight excluding hydrogens is 550 g/mol. The number of aliphatic carboxylic acids is 1. The van der Waals surface area contributed by atoms with Crippen LogP contribution in [0, 0.1) is 0 Å². The summed E-state index contributed by atoms with van der Waals surface area (Å²) in [6.45, 7) is -0.0665. The van der Waals surface area contributed by atoms with Gasteiger partial charge in [0.25, 0.3) is 0 Å². The summed E-state index contributed by atoms with van der Waals surface area (Å²) >= 11 is 0. The molecule has 0 spiro atoms. The number of methoxy groups -OCH3 is 1. The van der Waals surface area contributed by atoms with Gasteiger partial charge in [0.1, 0.15) is 11.8 Å². The third kappa shape index (κ3) is 9.71. The smallest absolute Gasteiger partial charge is 0.335 e. The largest absolute Gasteiger partial charge is 0.497 e. The number of carboxylic acid groups (broad SMARTS) is 2. The third-order valence-corrected chi connectivity index (χ3v) is 7.82. The van der Waals surface area contributed by atoms with E-state index in [4.69, 9.17) is 9.84 Å². The van der Waals surface area contributed by atoms with E-state index in [1.165, 1.54) is 43.5 Å². The second-order valence-electron chi connectivity index (χ2n) is 9.22. The zero-order chi connectivity index (χ0) is 29.8. The second-order valence-corrected chi connectivity index (χ2v) is 11.0. The maximum atomic E-state index is 13.2. The molecule has 3 rings (SSSR count). The number of hydrogen-bond acceptors (Lipinski definition) is 7. The van der Waals surface area contributed by atoms with E-state index in [1.54, 1.807) is 12.1 Å². The van der Waals surface area contributed by atoms with E-state index >= 15 is 0 Å². The van der Waals surface area contributed by atoms with Gasteiger partial charge in [0, 0.05) is 13.1 Å². The molecule has 3 aromatic rings. The lowest BCUT2D eigenvalue weighted by Crippen LogP contribution is -2.51. The Labute approximate surface area is 238 Å². The summed E-state index contributed by atoms with van der Waals surface area (Å²) in [6, 6.07) is 19.1. The molecule has 0 aliphatic rings. The summed E-state index contributed by atoms with van der Waals surface area (Å²) in [6.07, 6.45) is 0.668. The fraction of sp³-hybridized carbons (Fsp3) is 0.276. The van der Waals surface area contributed by atoms with Gasteiger partial charge in [-0.05, 0) is 66.8 Å². The molecule has 41 heavy (non-hydrogen) atoms. The Morgan fingerprint density at radius 2 is 1.49 bits per heavy atom. The number of aryl methyl sites for hydroxylation is 1. The highest BCUT2D eigenvalue weighted by molar-refractivity contribution is 7.89. The molecule has 0 bridgehead atoms. The summed E-state index contributed by atoms with van der Waals surface area (Å²) in [5.41, 5.74) is 1.76. The third-order valence-electron chi connectivity index (χ3n) is 6.34. The van der Waals surface area contributed by atoms with Crippen molar-refractivity contribution >= 4 is 27.9 Å². The summed E-state index contributed by atoms with van der Waals surface area (Å²) in [5.74, 6) is -2.23. The molecule has 11 nitrogen and oxygen atoms in total. The number of benzene rings is 3. The number of carbonyl (C=O) groups excluding carboxylic acids is 1. The first-order valence-electron chi connectivity index (χ1n) is 12.9. The minimum Gasteiger partial charge on any atom is -0.497 e. The van der Waals surface area contributed by atoms with Crippen molar-refractivity contribution < 1.29 is 37.8 Å². The minimum atomic E-state index is -3.89. The molecule has 0 aliphatic heterocycles. The Morgan fingerprint density at radius 1 is 0.829 bits per heavy atom. The van der Waals surface area contributed by atoms with Crippen molar-refractivity contribution in [3.8, 4) is 5.75 Å². The van der Waals surface area contributed by atoms with Crippen molar-refractivity contribution in [3.05, 3.63) is 95.6 Å². The Bertz CT molecular complexity index is 1410. The van der Waals surface area contributed by atoms with Crippen LogP contribution in [0.4, 0.5) is 0 Å². The number of rotatable bonds is 16. The lowest BCUT2D eigenvalue weighted by atomic mass is 10.0. The quantitative estimate of drug-likeness (QED) is 0.170. The Balaban J connectivity index is 1.65. The number of nitrogens with one attached hydrogen (secondary N) is 3. The zero-order valence-electron chi connectivity index (χ0n) is 22.4. The molecule has 0 radical (unpaired) electrons. The van der Waals surface area contributed by atoms with Crippen LogP contribution in [0.25, 0.3) is 0 Å². The summed E-state index contributed by atoms with van der Waals surface area (Å²) in [7, 11) is -2.42. The highest BCUT2D eigenvalue weighted by Crippen LogP contribution is 2.15. The molecule has 0 heterocycles. The number of ether oxygens (including phenoxy) is 1. The maximum Gasteiger partial charge on any atom is 0.335 e. The van der Waals surface area contributed by atoms with Gasteiger partial charge in [0.05, 0.1) is 23.6 Å². The first-order chi connectivity index (χ1) is 19.6. The zero-order valence-corrected chi connectivity index (χ0v) is 23.3. The molecule has 0 aliphatic carbocycles. The normalized spacial score (nSPS) is 12.7. The number of carboxylic acids is 2. The Kier molecular flexibility index (Phi) is 11.4. The van der Waals surface area contributed by atoms with Gasteiger partial charge >= 0.3 is 11.9 Å². The molecular formula is C29H33N3O8S. The number of aromatic carboxylic acids is 1. The topological polar surface area (TPSA) is 171 Å². The SMILES string of the molecule is COc1ccc(S(=O)(=O)NCC[C@H](N[C@@H](CCc2ccccc2)C(=O)NCc2ccc(C(=O)O)cc2)C(=O)O)cc1. The van der Waals surface area contributed by atoms with E-state index in [0.717, 1.165) is 5.56 Å². The number of amides is 1. The highest BCUT2D eigenvalue weighted by Gasteiger charge is 2.27. The standard InChI is InChI=1S/C29H33N3O8S/c1-40-23-12-14-24(15-13-23)41(38,39)31-18-17-26(29(36)37)32-25(16-9-20-5-3-2-4-6-20)27(33)30-19-21-7-10-22(11-8-21)28(34)35/h2-8,10-15,25-26,31-32H,9,16-19H2,1H3,(H,30,33)(H,34,35)(H,36,37)/t25-,26-/m0/s1. The lowest BCUT2D eigenvalue weighted by Gasteiger charge is -2.23. The fourth-order valence-corrected chi connectivity index (χ4v) is 5.07. The van der Waals surface area contributed by atoms with Crippen molar-refractivity contribution in [3.63, 3.8) is 0 Å².